The van der Waals surface area contributed by atoms with Crippen molar-refractivity contribution in [3.63, 3.8) is 0 Å². The van der Waals surface area contributed by atoms with Crippen molar-refractivity contribution in [2.24, 2.45) is 0 Å². The number of carbonyl (C=O) groups excluding carboxylic acids is 1. The van der Waals surface area contributed by atoms with Gasteiger partial charge in [-0.25, -0.2) is 8.78 Å². The molecule has 2 unspecified atom stereocenters. The van der Waals surface area contributed by atoms with Gasteiger partial charge in [0.25, 0.3) is 6.43 Å². The van der Waals surface area contributed by atoms with Gasteiger partial charge < -0.3 is 15.5 Å². The number of aryl methyl sites for hydroxylation is 1. The van der Waals surface area contributed by atoms with E-state index in [2.05, 4.69) is 21.2 Å². The van der Waals surface area contributed by atoms with Crippen LogP contribution in [0.1, 0.15) is 25.8 Å². The number of Topliss-reactive ketones (excluding diaryl/α,β-unsaturated/α-hetero) is 1. The van der Waals surface area contributed by atoms with Gasteiger partial charge in [-0.2, -0.15) is 0 Å². The molecule has 0 saturated heterocycles. The Kier molecular flexibility index (Phi) is 7.87. The Labute approximate surface area is 175 Å². The fraction of sp³-hybridized carbons (Fsp3) is 0.450. The Morgan fingerprint density at radius 1 is 1.21 bits per heavy atom. The van der Waals surface area contributed by atoms with Gasteiger partial charge in [0.15, 0.2) is 5.78 Å². The van der Waals surface area contributed by atoms with E-state index >= 15 is 0 Å². The lowest BCUT2D eigenvalue weighted by molar-refractivity contribution is -0.160. The fourth-order valence-electron chi connectivity index (χ4n) is 2.87. The maximum absolute atomic E-state index is 13.2. The van der Waals surface area contributed by atoms with Crippen LogP contribution < -0.4 is 5.32 Å². The van der Waals surface area contributed by atoms with Crippen LogP contribution in [0.2, 0.25) is 0 Å². The molecule has 0 aliphatic heterocycles. The van der Waals surface area contributed by atoms with E-state index in [9.17, 15) is 18.7 Å². The number of aliphatic hydroxyl groups is 2. The monoisotopic (exact) mass is 475 g/mol. The number of aliphatic hydroxyl groups excluding tert-OH is 1. The van der Waals surface area contributed by atoms with Crippen molar-refractivity contribution in [3.05, 3.63) is 45.7 Å². The Morgan fingerprint density at radius 2 is 1.86 bits per heavy atom. The maximum Gasteiger partial charge on any atom is 0.268 e. The highest BCUT2D eigenvalue weighted by molar-refractivity contribution is 9.11. The van der Waals surface area contributed by atoms with Crippen molar-refractivity contribution >= 4 is 33.0 Å². The molecular weight excluding hydrogens is 452 g/mol. The molecule has 2 atom stereocenters. The van der Waals surface area contributed by atoms with E-state index in [0.29, 0.717) is 12.8 Å². The van der Waals surface area contributed by atoms with E-state index in [-0.39, 0.29) is 6.54 Å². The topological polar surface area (TPSA) is 69.6 Å². The predicted octanol–water partition coefficient (Wildman–Crippen LogP) is 4.04. The van der Waals surface area contributed by atoms with Crippen molar-refractivity contribution in [2.45, 2.75) is 44.3 Å². The van der Waals surface area contributed by atoms with Crippen molar-refractivity contribution < 1.29 is 23.8 Å². The molecule has 1 heterocycles. The highest BCUT2D eigenvalue weighted by Gasteiger charge is 2.54. The second-order valence-electron chi connectivity index (χ2n) is 6.99. The molecule has 0 aliphatic rings. The summed E-state index contributed by atoms with van der Waals surface area (Å²) in [6, 6.07) is 12.1. The molecule has 154 valence electrons. The molecule has 0 amide bonds. The summed E-state index contributed by atoms with van der Waals surface area (Å²) in [5.41, 5.74) is -2.33. The summed E-state index contributed by atoms with van der Waals surface area (Å²) in [6.07, 6.45) is -1.87. The zero-order valence-electron chi connectivity index (χ0n) is 15.7. The van der Waals surface area contributed by atoms with Crippen molar-refractivity contribution in [2.75, 3.05) is 13.2 Å². The van der Waals surface area contributed by atoms with Gasteiger partial charge in [-0.1, -0.05) is 24.3 Å². The summed E-state index contributed by atoms with van der Waals surface area (Å²) in [5, 5.41) is 22.0. The summed E-state index contributed by atoms with van der Waals surface area (Å²) in [4.78, 5) is 13.2. The minimum atomic E-state index is -3.13. The van der Waals surface area contributed by atoms with Gasteiger partial charge in [0.05, 0.1) is 3.79 Å². The van der Waals surface area contributed by atoms with Crippen LogP contribution in [-0.4, -0.2) is 46.7 Å². The highest BCUT2D eigenvalue weighted by Crippen LogP contribution is 2.32. The number of ketones is 1. The van der Waals surface area contributed by atoms with Gasteiger partial charge >= 0.3 is 0 Å². The normalized spacial score (nSPS) is 16.0. The van der Waals surface area contributed by atoms with Crippen LogP contribution in [0.25, 0.3) is 10.4 Å². The summed E-state index contributed by atoms with van der Waals surface area (Å²) < 4.78 is 27.5. The smallest absolute Gasteiger partial charge is 0.268 e. The van der Waals surface area contributed by atoms with E-state index in [1.807, 2.05) is 36.4 Å². The van der Waals surface area contributed by atoms with Crippen molar-refractivity contribution in [3.8, 4) is 10.4 Å². The Bertz CT molecular complexity index is 795. The molecule has 0 fully saturated rings. The quantitative estimate of drug-likeness (QED) is 0.453. The Morgan fingerprint density at radius 3 is 2.36 bits per heavy atom. The van der Waals surface area contributed by atoms with Crippen LogP contribution in [0.3, 0.4) is 0 Å². The lowest BCUT2D eigenvalue weighted by Crippen LogP contribution is -2.68. The first kappa shape index (κ1) is 23.1. The zero-order chi connectivity index (χ0) is 20.9. The van der Waals surface area contributed by atoms with Crippen LogP contribution in [0.5, 0.6) is 0 Å². The van der Waals surface area contributed by atoms with E-state index in [1.165, 1.54) is 6.92 Å². The third kappa shape index (κ3) is 5.04. The average Bonchev–Trinajstić information content (AvgIpc) is 3.10. The van der Waals surface area contributed by atoms with Gasteiger partial charge in [0.1, 0.15) is 17.7 Å². The number of hydrogen-bond acceptors (Lipinski definition) is 5. The summed E-state index contributed by atoms with van der Waals surface area (Å²) in [6.45, 7) is 1.42. The highest BCUT2D eigenvalue weighted by atomic mass is 79.9. The first-order chi connectivity index (χ1) is 13.1. The fourth-order valence-corrected chi connectivity index (χ4v) is 4.26. The van der Waals surface area contributed by atoms with Crippen LogP contribution >= 0.6 is 27.3 Å². The molecule has 8 heteroatoms. The van der Waals surface area contributed by atoms with E-state index < -0.39 is 30.0 Å². The van der Waals surface area contributed by atoms with Gasteiger partial charge in [0.2, 0.25) is 0 Å². The van der Waals surface area contributed by atoms with Crippen LogP contribution in [0, 0.1) is 0 Å². The Hall–Kier alpha value is -1.19. The lowest BCUT2D eigenvalue weighted by Gasteiger charge is -2.41. The number of rotatable bonds is 10. The Balaban J connectivity index is 1.95. The standard InChI is InChI=1S/C20H24BrF2NO3S/c1-19(16(26)12-25,20(2,27)18(22)23)24-11-3-4-13-5-7-14(8-6-13)15-9-10-17(21)28-15/h5-10,18,24-25,27H,3-4,11-12H2,1-2H3. The first-order valence-electron chi connectivity index (χ1n) is 8.86. The molecule has 1 aromatic carbocycles. The molecular formula is C20H24BrF2NO3S. The summed E-state index contributed by atoms with van der Waals surface area (Å²) >= 11 is 5.10. The molecule has 4 nitrogen and oxygen atoms in total. The van der Waals surface area contributed by atoms with Crippen LogP contribution in [0.4, 0.5) is 8.78 Å². The van der Waals surface area contributed by atoms with Crippen molar-refractivity contribution in [1.29, 1.82) is 0 Å². The number of benzene rings is 1. The van der Waals surface area contributed by atoms with Gasteiger partial charge in [-0.15, -0.1) is 11.3 Å². The molecule has 0 saturated carbocycles. The molecule has 28 heavy (non-hydrogen) atoms. The largest absolute Gasteiger partial charge is 0.389 e. The molecule has 0 spiro atoms. The minimum Gasteiger partial charge on any atom is -0.389 e. The van der Waals surface area contributed by atoms with Gasteiger partial charge in [-0.3, -0.25) is 4.79 Å². The van der Waals surface area contributed by atoms with Gasteiger partial charge in [-0.05, 0) is 72.4 Å². The third-order valence-electron chi connectivity index (χ3n) is 5.07. The molecule has 0 radical (unpaired) electrons. The summed E-state index contributed by atoms with van der Waals surface area (Å²) in [7, 11) is 0. The molecule has 1 aromatic heterocycles. The average molecular weight is 476 g/mol. The third-order valence-corrected chi connectivity index (χ3v) is 6.74. The van der Waals surface area contributed by atoms with Gasteiger partial charge in [0, 0.05) is 4.88 Å². The van der Waals surface area contributed by atoms with E-state index in [4.69, 9.17) is 5.11 Å². The zero-order valence-corrected chi connectivity index (χ0v) is 18.1. The number of alkyl halides is 2. The molecule has 0 bridgehead atoms. The molecule has 2 rings (SSSR count). The second-order valence-corrected chi connectivity index (χ2v) is 9.45. The number of halogens is 3. The lowest BCUT2D eigenvalue weighted by atomic mass is 9.79. The molecule has 3 N–H and O–H groups in total. The molecule has 0 aliphatic carbocycles. The van der Waals surface area contributed by atoms with E-state index in [0.717, 1.165) is 26.7 Å². The number of nitrogens with one attached hydrogen (secondary N) is 1. The van der Waals surface area contributed by atoms with Crippen molar-refractivity contribution in [1.82, 2.24) is 5.32 Å². The SMILES string of the molecule is CC(NCCCc1ccc(-c2ccc(Br)s2)cc1)(C(=O)CO)C(C)(O)C(F)F. The first-order valence-corrected chi connectivity index (χ1v) is 10.5. The number of hydrogen-bond donors (Lipinski definition) is 3. The number of thiophene rings is 1. The van der Waals surface area contributed by atoms with Crippen LogP contribution in [0.15, 0.2) is 40.2 Å². The number of carbonyl (C=O) groups is 1. The second kappa shape index (κ2) is 9.54. The van der Waals surface area contributed by atoms with E-state index in [1.54, 1.807) is 11.3 Å². The minimum absolute atomic E-state index is 0.241. The van der Waals surface area contributed by atoms with Crippen LogP contribution in [-0.2, 0) is 11.2 Å². The maximum atomic E-state index is 13.2. The molecule has 2 aromatic rings. The summed E-state index contributed by atoms with van der Waals surface area (Å²) in [5.74, 6) is -0.871. The predicted molar refractivity (Wildman–Crippen MR) is 111 cm³/mol.